The highest BCUT2D eigenvalue weighted by Gasteiger charge is 2.24. The SMILES string of the molecule is C=CCOC(=O)C[C@H](NC(=O)OCC=C)C(=O)O. The molecule has 7 nitrogen and oxygen atoms in total. The average Bonchev–Trinajstić information content (AvgIpc) is 2.32. The lowest BCUT2D eigenvalue weighted by molar-refractivity contribution is -0.148. The summed E-state index contributed by atoms with van der Waals surface area (Å²) < 4.78 is 9.14. The van der Waals surface area contributed by atoms with Gasteiger partial charge in [-0.25, -0.2) is 9.59 Å². The third-order valence-corrected chi connectivity index (χ3v) is 1.66. The van der Waals surface area contributed by atoms with Gasteiger partial charge in [0.1, 0.15) is 19.3 Å². The number of esters is 1. The van der Waals surface area contributed by atoms with E-state index in [0.29, 0.717) is 0 Å². The normalized spacial score (nSPS) is 10.9. The second-order valence-corrected chi connectivity index (χ2v) is 3.10. The van der Waals surface area contributed by atoms with Crippen molar-refractivity contribution in [2.24, 2.45) is 0 Å². The van der Waals surface area contributed by atoms with E-state index >= 15 is 0 Å². The molecule has 1 amide bonds. The number of hydrogen-bond donors (Lipinski definition) is 2. The zero-order valence-electron chi connectivity index (χ0n) is 9.76. The number of ether oxygens (including phenoxy) is 2. The first-order valence-electron chi connectivity index (χ1n) is 5.04. The van der Waals surface area contributed by atoms with Crippen LogP contribution in [-0.4, -0.2) is 42.4 Å². The number of hydrogen-bond acceptors (Lipinski definition) is 5. The molecule has 0 aromatic rings. The van der Waals surface area contributed by atoms with Crippen LogP contribution in [0.3, 0.4) is 0 Å². The van der Waals surface area contributed by atoms with Gasteiger partial charge in [-0.15, -0.1) is 0 Å². The van der Waals surface area contributed by atoms with Gasteiger partial charge in [0, 0.05) is 0 Å². The van der Waals surface area contributed by atoms with E-state index in [2.05, 4.69) is 22.6 Å². The lowest BCUT2D eigenvalue weighted by Gasteiger charge is -2.13. The summed E-state index contributed by atoms with van der Waals surface area (Å²) in [5, 5.41) is 10.8. The molecule has 0 aromatic carbocycles. The second-order valence-electron chi connectivity index (χ2n) is 3.10. The number of aliphatic carboxylic acids is 1. The van der Waals surface area contributed by atoms with Crippen molar-refractivity contribution in [1.82, 2.24) is 5.32 Å². The van der Waals surface area contributed by atoms with Gasteiger partial charge in [0.2, 0.25) is 0 Å². The van der Waals surface area contributed by atoms with Crippen LogP contribution >= 0.6 is 0 Å². The molecule has 0 heterocycles. The fourth-order valence-electron chi connectivity index (χ4n) is 0.896. The van der Waals surface area contributed by atoms with Gasteiger partial charge in [-0.3, -0.25) is 4.79 Å². The zero-order valence-corrected chi connectivity index (χ0v) is 9.76. The van der Waals surface area contributed by atoms with E-state index in [9.17, 15) is 14.4 Å². The molecule has 0 aliphatic rings. The Morgan fingerprint density at radius 1 is 1.17 bits per heavy atom. The van der Waals surface area contributed by atoms with E-state index in [1.807, 2.05) is 5.32 Å². The molecule has 0 bridgehead atoms. The summed E-state index contributed by atoms with van der Waals surface area (Å²) in [7, 11) is 0. The Morgan fingerprint density at radius 2 is 1.72 bits per heavy atom. The fraction of sp³-hybridized carbons (Fsp3) is 0.364. The minimum Gasteiger partial charge on any atom is -0.480 e. The van der Waals surface area contributed by atoms with Gasteiger partial charge in [-0.2, -0.15) is 0 Å². The van der Waals surface area contributed by atoms with Gasteiger partial charge in [-0.1, -0.05) is 25.3 Å². The van der Waals surface area contributed by atoms with Crippen LogP contribution in [0.4, 0.5) is 4.79 Å². The van der Waals surface area contributed by atoms with Gasteiger partial charge in [0.25, 0.3) is 0 Å². The Morgan fingerprint density at radius 3 is 2.22 bits per heavy atom. The molecule has 1 atom stereocenters. The Balaban J connectivity index is 4.26. The van der Waals surface area contributed by atoms with E-state index < -0.39 is 30.5 Å². The van der Waals surface area contributed by atoms with Crippen LogP contribution in [0, 0.1) is 0 Å². The molecule has 0 aliphatic heterocycles. The van der Waals surface area contributed by atoms with E-state index in [0.717, 1.165) is 0 Å². The molecule has 7 heteroatoms. The highest BCUT2D eigenvalue weighted by Crippen LogP contribution is 1.97. The van der Waals surface area contributed by atoms with Crippen molar-refractivity contribution in [2.45, 2.75) is 12.5 Å². The summed E-state index contributed by atoms with van der Waals surface area (Å²) in [5.41, 5.74) is 0. The van der Waals surface area contributed by atoms with Crippen molar-refractivity contribution < 1.29 is 29.0 Å². The Kier molecular flexibility index (Phi) is 7.67. The van der Waals surface area contributed by atoms with Gasteiger partial charge < -0.3 is 19.9 Å². The molecule has 2 N–H and O–H groups in total. The maximum atomic E-state index is 11.2. The summed E-state index contributed by atoms with van der Waals surface area (Å²) in [6.45, 7) is 6.58. The summed E-state index contributed by atoms with van der Waals surface area (Å²) in [6, 6.07) is -1.40. The second kappa shape index (κ2) is 8.80. The molecule has 0 saturated heterocycles. The first kappa shape index (κ1) is 15.7. The predicted octanol–water partition coefficient (Wildman–Crippen LogP) is 0.471. The zero-order chi connectivity index (χ0) is 14.0. The standard InChI is InChI=1S/C11H15NO6/c1-3-5-17-9(13)7-8(10(14)15)12-11(16)18-6-4-2/h3-4,8H,1-2,5-7H2,(H,12,16)(H,14,15)/t8-/m0/s1. The van der Waals surface area contributed by atoms with E-state index in [1.54, 1.807) is 0 Å². The lowest BCUT2D eigenvalue weighted by atomic mass is 10.2. The number of nitrogens with one attached hydrogen (secondary N) is 1. The van der Waals surface area contributed by atoms with Crippen LogP contribution in [0.2, 0.25) is 0 Å². The highest BCUT2D eigenvalue weighted by atomic mass is 16.5. The smallest absolute Gasteiger partial charge is 0.408 e. The number of carboxylic acid groups (broad SMARTS) is 1. The average molecular weight is 257 g/mol. The minimum absolute atomic E-state index is 0.0217. The van der Waals surface area contributed by atoms with E-state index in [-0.39, 0.29) is 13.2 Å². The number of carbonyl (C=O) groups is 3. The third kappa shape index (κ3) is 7.04. The van der Waals surface area contributed by atoms with Crippen molar-refractivity contribution in [2.75, 3.05) is 13.2 Å². The van der Waals surface area contributed by atoms with Crippen molar-refractivity contribution >= 4 is 18.0 Å². The monoisotopic (exact) mass is 257 g/mol. The van der Waals surface area contributed by atoms with Crippen LogP contribution in [0.15, 0.2) is 25.3 Å². The highest BCUT2D eigenvalue weighted by molar-refractivity contribution is 5.85. The van der Waals surface area contributed by atoms with Crippen LogP contribution in [-0.2, 0) is 19.1 Å². The lowest BCUT2D eigenvalue weighted by Crippen LogP contribution is -2.42. The van der Waals surface area contributed by atoms with Crippen LogP contribution in [0.25, 0.3) is 0 Å². The van der Waals surface area contributed by atoms with Gasteiger partial charge >= 0.3 is 18.0 Å². The van der Waals surface area contributed by atoms with Crippen LogP contribution in [0.5, 0.6) is 0 Å². The molecule has 0 fully saturated rings. The fourth-order valence-corrected chi connectivity index (χ4v) is 0.896. The number of rotatable bonds is 8. The maximum Gasteiger partial charge on any atom is 0.408 e. The van der Waals surface area contributed by atoms with E-state index in [1.165, 1.54) is 12.2 Å². The molecule has 0 radical (unpaired) electrons. The molecular formula is C11H15NO6. The first-order chi connectivity index (χ1) is 8.51. The molecule has 0 unspecified atom stereocenters. The molecule has 0 rings (SSSR count). The van der Waals surface area contributed by atoms with E-state index in [4.69, 9.17) is 5.11 Å². The Bertz CT molecular complexity index is 312. The van der Waals surface area contributed by atoms with Gasteiger partial charge in [0.15, 0.2) is 0 Å². The number of carbonyl (C=O) groups excluding carboxylic acids is 2. The maximum absolute atomic E-state index is 11.2. The van der Waals surface area contributed by atoms with Crippen molar-refractivity contribution in [3.05, 3.63) is 25.3 Å². The van der Waals surface area contributed by atoms with Crippen molar-refractivity contribution in [3.8, 4) is 0 Å². The summed E-state index contributed by atoms with van der Waals surface area (Å²) >= 11 is 0. The van der Waals surface area contributed by atoms with Crippen molar-refractivity contribution in [3.63, 3.8) is 0 Å². The molecule has 0 aromatic heterocycles. The topological polar surface area (TPSA) is 102 Å². The predicted molar refractivity (Wildman–Crippen MR) is 61.9 cm³/mol. The number of amides is 1. The molecular weight excluding hydrogens is 242 g/mol. The molecule has 18 heavy (non-hydrogen) atoms. The first-order valence-corrected chi connectivity index (χ1v) is 5.04. The minimum atomic E-state index is -1.40. The van der Waals surface area contributed by atoms with Crippen LogP contribution in [0.1, 0.15) is 6.42 Å². The Labute approximate surface area is 104 Å². The third-order valence-electron chi connectivity index (χ3n) is 1.66. The molecule has 0 aliphatic carbocycles. The molecule has 100 valence electrons. The summed E-state index contributed by atoms with van der Waals surface area (Å²) in [6.07, 6.45) is 1.23. The molecule has 0 spiro atoms. The Hall–Kier alpha value is -2.31. The number of carboxylic acids is 1. The quantitative estimate of drug-likeness (QED) is 0.484. The van der Waals surface area contributed by atoms with Crippen molar-refractivity contribution in [1.29, 1.82) is 0 Å². The van der Waals surface area contributed by atoms with Crippen LogP contribution < -0.4 is 5.32 Å². The summed E-state index contributed by atoms with van der Waals surface area (Å²) in [4.78, 5) is 33.1. The molecule has 0 saturated carbocycles. The summed E-state index contributed by atoms with van der Waals surface area (Å²) in [5.74, 6) is -2.12. The van der Waals surface area contributed by atoms with Gasteiger partial charge in [-0.05, 0) is 0 Å². The largest absolute Gasteiger partial charge is 0.480 e. The number of alkyl carbamates (subject to hydrolysis) is 1. The van der Waals surface area contributed by atoms with Gasteiger partial charge in [0.05, 0.1) is 6.42 Å².